The second kappa shape index (κ2) is 5.19. The van der Waals surface area contributed by atoms with Crippen LogP contribution < -0.4 is 15.4 Å². The summed E-state index contributed by atoms with van der Waals surface area (Å²) < 4.78 is 5.78. The largest absolute Gasteiger partial charge is 0.491 e. The van der Waals surface area contributed by atoms with Gasteiger partial charge in [-0.3, -0.25) is 0 Å². The van der Waals surface area contributed by atoms with E-state index in [1.165, 1.54) is 5.69 Å². The SMILES string of the molecule is CC(N)C(C)(C)CN1CCCOc2ccccc21. The Morgan fingerprint density at radius 3 is 2.83 bits per heavy atom. The van der Waals surface area contributed by atoms with E-state index in [0.29, 0.717) is 0 Å². The first kappa shape index (κ1) is 13.2. The van der Waals surface area contributed by atoms with Gasteiger partial charge >= 0.3 is 0 Å². The third-order valence-corrected chi connectivity index (χ3v) is 3.87. The number of fused-ring (bicyclic) bond motifs is 1. The summed E-state index contributed by atoms with van der Waals surface area (Å²) in [5.41, 5.74) is 7.38. The lowest BCUT2D eigenvalue weighted by molar-refractivity contribution is 0.301. The fourth-order valence-electron chi connectivity index (χ4n) is 2.20. The van der Waals surface area contributed by atoms with Crippen LogP contribution in [0.2, 0.25) is 0 Å². The first-order chi connectivity index (χ1) is 8.50. The minimum Gasteiger partial charge on any atom is -0.491 e. The Bertz CT molecular complexity index is 401. The number of para-hydroxylation sites is 2. The van der Waals surface area contributed by atoms with E-state index in [9.17, 15) is 0 Å². The van der Waals surface area contributed by atoms with Gasteiger partial charge in [-0.25, -0.2) is 0 Å². The van der Waals surface area contributed by atoms with Crippen LogP contribution in [0.4, 0.5) is 5.69 Å². The highest BCUT2D eigenvalue weighted by molar-refractivity contribution is 5.59. The highest BCUT2D eigenvalue weighted by atomic mass is 16.5. The van der Waals surface area contributed by atoms with Crippen LogP contribution in [0.3, 0.4) is 0 Å². The van der Waals surface area contributed by atoms with Crippen LogP contribution in [-0.2, 0) is 0 Å². The Labute approximate surface area is 110 Å². The number of nitrogens with zero attached hydrogens (tertiary/aromatic N) is 1. The molecule has 0 spiro atoms. The molecule has 1 aliphatic rings. The van der Waals surface area contributed by atoms with Crippen molar-refractivity contribution in [1.29, 1.82) is 0 Å². The molecule has 1 atom stereocenters. The zero-order valence-corrected chi connectivity index (χ0v) is 11.6. The average molecular weight is 248 g/mol. The van der Waals surface area contributed by atoms with Gasteiger partial charge in [-0.2, -0.15) is 0 Å². The molecule has 18 heavy (non-hydrogen) atoms. The molecule has 0 radical (unpaired) electrons. The summed E-state index contributed by atoms with van der Waals surface area (Å²) in [6.07, 6.45) is 1.06. The minimum absolute atomic E-state index is 0.0947. The molecule has 0 bridgehead atoms. The second-order valence-corrected chi connectivity index (χ2v) is 5.87. The summed E-state index contributed by atoms with van der Waals surface area (Å²) in [5, 5.41) is 0. The number of anilines is 1. The first-order valence-electron chi connectivity index (χ1n) is 6.73. The van der Waals surface area contributed by atoms with Gasteiger partial charge in [-0.15, -0.1) is 0 Å². The predicted octanol–water partition coefficient (Wildman–Crippen LogP) is 2.65. The van der Waals surface area contributed by atoms with Gasteiger partial charge in [0.05, 0.1) is 12.3 Å². The van der Waals surface area contributed by atoms with Crippen molar-refractivity contribution in [2.24, 2.45) is 11.1 Å². The van der Waals surface area contributed by atoms with E-state index in [1.54, 1.807) is 0 Å². The molecule has 2 rings (SSSR count). The van der Waals surface area contributed by atoms with Gasteiger partial charge < -0.3 is 15.4 Å². The van der Waals surface area contributed by atoms with Crippen LogP contribution >= 0.6 is 0 Å². The monoisotopic (exact) mass is 248 g/mol. The predicted molar refractivity (Wildman–Crippen MR) is 76.2 cm³/mol. The Morgan fingerprint density at radius 2 is 2.11 bits per heavy atom. The topological polar surface area (TPSA) is 38.5 Å². The fourth-order valence-corrected chi connectivity index (χ4v) is 2.20. The quantitative estimate of drug-likeness (QED) is 0.893. The van der Waals surface area contributed by atoms with Crippen molar-refractivity contribution in [3.05, 3.63) is 24.3 Å². The Balaban J connectivity index is 2.23. The molecule has 3 heteroatoms. The third-order valence-electron chi connectivity index (χ3n) is 3.87. The second-order valence-electron chi connectivity index (χ2n) is 5.87. The van der Waals surface area contributed by atoms with Crippen molar-refractivity contribution in [1.82, 2.24) is 0 Å². The van der Waals surface area contributed by atoms with Crippen LogP contribution in [0, 0.1) is 5.41 Å². The Kier molecular flexibility index (Phi) is 3.81. The van der Waals surface area contributed by atoms with E-state index < -0.39 is 0 Å². The lowest BCUT2D eigenvalue weighted by atomic mass is 9.85. The molecule has 100 valence electrons. The summed E-state index contributed by atoms with van der Waals surface area (Å²) in [7, 11) is 0. The van der Waals surface area contributed by atoms with Gasteiger partial charge in [0.2, 0.25) is 0 Å². The summed E-state index contributed by atoms with van der Waals surface area (Å²) in [4.78, 5) is 2.41. The zero-order valence-electron chi connectivity index (χ0n) is 11.6. The first-order valence-corrected chi connectivity index (χ1v) is 6.73. The molecular formula is C15H24N2O. The van der Waals surface area contributed by atoms with Gasteiger partial charge in [-0.05, 0) is 30.9 Å². The molecule has 2 N–H and O–H groups in total. The van der Waals surface area contributed by atoms with Crippen LogP contribution in [0.15, 0.2) is 24.3 Å². The Hall–Kier alpha value is -1.22. The molecule has 1 aromatic rings. The molecule has 1 heterocycles. The van der Waals surface area contributed by atoms with E-state index in [4.69, 9.17) is 10.5 Å². The van der Waals surface area contributed by atoms with E-state index in [1.807, 2.05) is 12.1 Å². The van der Waals surface area contributed by atoms with E-state index >= 15 is 0 Å². The van der Waals surface area contributed by atoms with Gasteiger partial charge in [0, 0.05) is 19.1 Å². The standard InChI is InChI=1S/C15H24N2O/c1-12(16)15(2,3)11-17-9-6-10-18-14-8-5-4-7-13(14)17/h4-5,7-8,12H,6,9-11,16H2,1-3H3. The van der Waals surface area contributed by atoms with Crippen LogP contribution in [0.5, 0.6) is 5.75 Å². The summed E-state index contributed by atoms with van der Waals surface area (Å²) >= 11 is 0. The van der Waals surface area contributed by atoms with Crippen LogP contribution in [-0.4, -0.2) is 25.7 Å². The van der Waals surface area contributed by atoms with Gasteiger partial charge in [0.25, 0.3) is 0 Å². The van der Waals surface area contributed by atoms with E-state index in [0.717, 1.165) is 31.9 Å². The highest BCUT2D eigenvalue weighted by Crippen LogP contribution is 2.33. The lowest BCUT2D eigenvalue weighted by Gasteiger charge is -2.36. The fraction of sp³-hybridized carbons (Fsp3) is 0.600. The molecule has 0 fully saturated rings. The third kappa shape index (κ3) is 2.78. The highest BCUT2D eigenvalue weighted by Gasteiger charge is 2.27. The maximum absolute atomic E-state index is 6.09. The number of hydrogen-bond donors (Lipinski definition) is 1. The number of rotatable bonds is 3. The number of benzene rings is 1. The number of ether oxygens (including phenoxy) is 1. The number of nitrogens with two attached hydrogens (primary N) is 1. The molecule has 0 aromatic heterocycles. The molecule has 1 aliphatic heterocycles. The molecular weight excluding hydrogens is 224 g/mol. The number of hydrogen-bond acceptors (Lipinski definition) is 3. The van der Waals surface area contributed by atoms with Crippen molar-refractivity contribution >= 4 is 5.69 Å². The Morgan fingerprint density at radius 1 is 1.39 bits per heavy atom. The maximum atomic E-state index is 6.09. The van der Waals surface area contributed by atoms with Crippen molar-refractivity contribution < 1.29 is 4.74 Å². The zero-order chi connectivity index (χ0) is 13.2. The molecule has 0 aliphatic carbocycles. The summed E-state index contributed by atoms with van der Waals surface area (Å²) in [6, 6.07) is 8.46. The van der Waals surface area contributed by atoms with Crippen molar-refractivity contribution in [3.63, 3.8) is 0 Å². The van der Waals surface area contributed by atoms with Crippen molar-refractivity contribution in [2.45, 2.75) is 33.2 Å². The lowest BCUT2D eigenvalue weighted by Crippen LogP contribution is -2.44. The van der Waals surface area contributed by atoms with Crippen molar-refractivity contribution in [3.8, 4) is 5.75 Å². The van der Waals surface area contributed by atoms with Crippen LogP contribution in [0.25, 0.3) is 0 Å². The van der Waals surface area contributed by atoms with E-state index in [2.05, 4.69) is 37.8 Å². The average Bonchev–Trinajstić information content (AvgIpc) is 2.52. The normalized spacial score (nSPS) is 17.7. The van der Waals surface area contributed by atoms with Gasteiger partial charge in [0.15, 0.2) is 0 Å². The molecule has 1 aromatic carbocycles. The molecule has 3 nitrogen and oxygen atoms in total. The van der Waals surface area contributed by atoms with E-state index in [-0.39, 0.29) is 11.5 Å². The smallest absolute Gasteiger partial charge is 0.142 e. The molecule has 1 unspecified atom stereocenters. The minimum atomic E-state index is 0.0947. The summed E-state index contributed by atoms with van der Waals surface area (Å²) in [6.45, 7) is 9.34. The van der Waals surface area contributed by atoms with Gasteiger partial charge in [0.1, 0.15) is 5.75 Å². The maximum Gasteiger partial charge on any atom is 0.142 e. The van der Waals surface area contributed by atoms with Crippen LogP contribution in [0.1, 0.15) is 27.2 Å². The van der Waals surface area contributed by atoms with Gasteiger partial charge in [-0.1, -0.05) is 26.0 Å². The molecule has 0 saturated heterocycles. The molecule has 0 saturated carbocycles. The molecule has 0 amide bonds. The summed E-state index contributed by atoms with van der Waals surface area (Å²) in [5.74, 6) is 0.996. The van der Waals surface area contributed by atoms with Crippen molar-refractivity contribution in [2.75, 3.05) is 24.6 Å².